The molecule has 2 aromatic heterocycles. The number of carbonyl (C=O) groups excluding carboxylic acids is 1. The summed E-state index contributed by atoms with van der Waals surface area (Å²) in [5, 5.41) is 0.146. The summed E-state index contributed by atoms with van der Waals surface area (Å²) in [4.78, 5) is 31.5. The zero-order chi connectivity index (χ0) is 24.7. The number of aromatic nitrogens is 3. The molecule has 5 rings (SSSR count). The number of carbonyl (C=O) groups is 1. The van der Waals surface area contributed by atoms with Crippen LogP contribution in [0.3, 0.4) is 0 Å². The molecule has 35 heavy (non-hydrogen) atoms. The predicted molar refractivity (Wildman–Crippen MR) is 127 cm³/mol. The van der Waals surface area contributed by atoms with Crippen molar-refractivity contribution in [3.8, 4) is 17.2 Å². The van der Waals surface area contributed by atoms with Gasteiger partial charge >= 0.3 is 5.69 Å². The van der Waals surface area contributed by atoms with E-state index in [1.807, 2.05) is 0 Å². The SMILES string of the molecule is C=CC(=O)N1CC[C@@H](n2c(=O)n(-c3ccc(Oc4cc(F)cc(F)c4)c(Cl)c3)c3cnccc32)C1. The maximum absolute atomic E-state index is 13.6. The number of likely N-dealkylation sites (tertiary alicyclic amines) is 1. The Morgan fingerprint density at radius 3 is 2.63 bits per heavy atom. The lowest BCUT2D eigenvalue weighted by Gasteiger charge is -2.15. The van der Waals surface area contributed by atoms with Crippen molar-refractivity contribution in [2.75, 3.05) is 13.1 Å². The number of fused-ring (bicyclic) bond motifs is 1. The largest absolute Gasteiger partial charge is 0.456 e. The Hall–Kier alpha value is -3.98. The Morgan fingerprint density at radius 1 is 1.14 bits per heavy atom. The molecule has 1 fully saturated rings. The number of nitrogens with zero attached hydrogens (tertiary/aromatic N) is 4. The first kappa shape index (κ1) is 22.8. The maximum Gasteiger partial charge on any atom is 0.334 e. The highest BCUT2D eigenvalue weighted by Crippen LogP contribution is 2.33. The molecule has 0 spiro atoms. The van der Waals surface area contributed by atoms with E-state index in [1.54, 1.807) is 34.0 Å². The van der Waals surface area contributed by atoms with E-state index in [4.69, 9.17) is 16.3 Å². The summed E-state index contributed by atoms with van der Waals surface area (Å²) in [6, 6.07) is 9.04. The minimum atomic E-state index is -0.778. The normalized spacial score (nSPS) is 15.5. The standard InChI is InChI=1S/C25H19ClF2N4O3/c1-2-24(33)30-8-6-18(14-30)32-21-5-7-29-13-22(21)31(25(32)34)17-3-4-23(20(26)12-17)35-19-10-15(27)9-16(28)11-19/h2-5,7,9-13,18H,1,6,8,14H2/t18-/m1/s1. The third-order valence-corrected chi connectivity index (χ3v) is 6.22. The molecule has 0 saturated carbocycles. The molecule has 0 N–H and O–H groups in total. The highest BCUT2D eigenvalue weighted by Gasteiger charge is 2.30. The Labute approximate surface area is 203 Å². The van der Waals surface area contributed by atoms with Crippen LogP contribution in [0.4, 0.5) is 8.78 Å². The third kappa shape index (κ3) is 4.19. The Kier molecular flexibility index (Phi) is 5.86. The van der Waals surface area contributed by atoms with Crippen molar-refractivity contribution >= 4 is 28.5 Å². The average molecular weight is 497 g/mol. The first-order valence-electron chi connectivity index (χ1n) is 10.8. The molecule has 4 aromatic rings. The van der Waals surface area contributed by atoms with E-state index in [9.17, 15) is 18.4 Å². The second kappa shape index (κ2) is 8.99. The lowest BCUT2D eigenvalue weighted by molar-refractivity contribution is -0.125. The average Bonchev–Trinajstić information content (AvgIpc) is 3.41. The van der Waals surface area contributed by atoms with Gasteiger partial charge in [0.15, 0.2) is 0 Å². The van der Waals surface area contributed by atoms with Gasteiger partial charge in [-0.05, 0) is 36.8 Å². The van der Waals surface area contributed by atoms with Crippen molar-refractivity contribution in [3.05, 3.63) is 94.7 Å². The number of ether oxygens (including phenoxy) is 1. The molecule has 1 amide bonds. The molecular weight excluding hydrogens is 478 g/mol. The molecule has 1 aliphatic rings. The highest BCUT2D eigenvalue weighted by molar-refractivity contribution is 6.32. The Balaban J connectivity index is 1.54. The van der Waals surface area contributed by atoms with Crippen LogP contribution in [-0.4, -0.2) is 38.0 Å². The molecule has 1 saturated heterocycles. The van der Waals surface area contributed by atoms with Gasteiger partial charge in [0.05, 0.1) is 34.0 Å². The van der Waals surface area contributed by atoms with Gasteiger partial charge in [-0.2, -0.15) is 0 Å². The van der Waals surface area contributed by atoms with Crippen LogP contribution in [0.25, 0.3) is 16.7 Å². The van der Waals surface area contributed by atoms with Gasteiger partial charge in [-0.25, -0.2) is 13.6 Å². The quantitative estimate of drug-likeness (QED) is 0.370. The van der Waals surface area contributed by atoms with Gasteiger partial charge in [-0.3, -0.25) is 18.9 Å². The van der Waals surface area contributed by atoms with Crippen LogP contribution >= 0.6 is 11.6 Å². The molecule has 1 atom stereocenters. The Bertz CT molecular complexity index is 1510. The number of pyridine rings is 1. The van der Waals surface area contributed by atoms with Crippen molar-refractivity contribution < 1.29 is 18.3 Å². The summed E-state index contributed by atoms with van der Waals surface area (Å²) >= 11 is 6.41. The van der Waals surface area contributed by atoms with Crippen molar-refractivity contribution in [1.82, 2.24) is 19.0 Å². The molecule has 0 bridgehead atoms. The Morgan fingerprint density at radius 2 is 1.91 bits per heavy atom. The fraction of sp³-hybridized carbons (Fsp3) is 0.160. The van der Waals surface area contributed by atoms with Crippen molar-refractivity contribution in [3.63, 3.8) is 0 Å². The minimum Gasteiger partial charge on any atom is -0.456 e. The van der Waals surface area contributed by atoms with Crippen molar-refractivity contribution in [2.24, 2.45) is 0 Å². The van der Waals surface area contributed by atoms with Crippen LogP contribution in [0.15, 0.2) is 72.3 Å². The van der Waals surface area contributed by atoms with Crippen molar-refractivity contribution in [1.29, 1.82) is 0 Å². The molecule has 178 valence electrons. The summed E-state index contributed by atoms with van der Waals surface area (Å²) < 4.78 is 35.7. The van der Waals surface area contributed by atoms with Gasteiger partial charge < -0.3 is 9.64 Å². The number of hydrogen-bond acceptors (Lipinski definition) is 4. The van der Waals surface area contributed by atoms with Crippen molar-refractivity contribution in [2.45, 2.75) is 12.5 Å². The number of benzene rings is 2. The maximum atomic E-state index is 13.6. The van der Waals surface area contributed by atoms with Gasteiger partial charge in [0.2, 0.25) is 5.91 Å². The summed E-state index contributed by atoms with van der Waals surface area (Å²) in [6.45, 7) is 4.45. The predicted octanol–water partition coefficient (Wildman–Crippen LogP) is 4.87. The fourth-order valence-corrected chi connectivity index (χ4v) is 4.59. The minimum absolute atomic E-state index is 0.0463. The lowest BCUT2D eigenvalue weighted by Crippen LogP contribution is -2.31. The molecule has 7 nitrogen and oxygen atoms in total. The van der Waals surface area contributed by atoms with Crippen LogP contribution in [0.2, 0.25) is 5.02 Å². The number of halogens is 3. The van der Waals surface area contributed by atoms with Crippen LogP contribution in [-0.2, 0) is 4.79 Å². The summed E-state index contributed by atoms with van der Waals surface area (Å²) in [7, 11) is 0. The van der Waals surface area contributed by atoms with E-state index in [1.165, 1.54) is 22.8 Å². The lowest BCUT2D eigenvalue weighted by atomic mass is 10.2. The fourth-order valence-electron chi connectivity index (χ4n) is 4.38. The molecular formula is C25H19ClF2N4O3. The third-order valence-electron chi connectivity index (χ3n) is 5.93. The molecule has 0 aliphatic carbocycles. The number of imidazole rings is 1. The van der Waals surface area contributed by atoms with E-state index >= 15 is 0 Å². The first-order valence-corrected chi connectivity index (χ1v) is 11.2. The van der Waals surface area contributed by atoms with Crippen LogP contribution < -0.4 is 10.4 Å². The molecule has 3 heterocycles. The van der Waals surface area contributed by atoms with E-state index < -0.39 is 11.6 Å². The van der Waals surface area contributed by atoms with E-state index in [0.29, 0.717) is 36.2 Å². The summed E-state index contributed by atoms with van der Waals surface area (Å²) in [6.07, 6.45) is 5.08. The van der Waals surface area contributed by atoms with Gasteiger partial charge in [0, 0.05) is 37.5 Å². The highest BCUT2D eigenvalue weighted by atomic mass is 35.5. The van der Waals surface area contributed by atoms with Gasteiger partial charge in [0.25, 0.3) is 0 Å². The number of hydrogen-bond donors (Lipinski definition) is 0. The molecule has 0 radical (unpaired) electrons. The monoisotopic (exact) mass is 496 g/mol. The second-order valence-corrected chi connectivity index (χ2v) is 8.51. The summed E-state index contributed by atoms with van der Waals surface area (Å²) in [5.74, 6) is -1.61. The van der Waals surface area contributed by atoms with Crippen LogP contribution in [0, 0.1) is 11.6 Å². The smallest absolute Gasteiger partial charge is 0.334 e. The number of rotatable bonds is 5. The first-order chi connectivity index (χ1) is 16.9. The topological polar surface area (TPSA) is 69.4 Å². The molecule has 0 unspecified atom stereocenters. The second-order valence-electron chi connectivity index (χ2n) is 8.11. The zero-order valence-electron chi connectivity index (χ0n) is 18.3. The van der Waals surface area contributed by atoms with Gasteiger partial charge in [-0.15, -0.1) is 0 Å². The molecule has 10 heteroatoms. The van der Waals surface area contributed by atoms with Crippen LogP contribution in [0.5, 0.6) is 11.5 Å². The van der Waals surface area contributed by atoms with Gasteiger partial charge in [-0.1, -0.05) is 18.2 Å². The van der Waals surface area contributed by atoms with E-state index in [-0.39, 0.29) is 34.2 Å². The number of amides is 1. The summed E-state index contributed by atoms with van der Waals surface area (Å²) in [5.41, 5.74) is 1.41. The van der Waals surface area contributed by atoms with E-state index in [2.05, 4.69) is 11.6 Å². The molecule has 2 aromatic carbocycles. The van der Waals surface area contributed by atoms with E-state index in [0.717, 1.165) is 18.2 Å². The van der Waals surface area contributed by atoms with Crippen LogP contribution in [0.1, 0.15) is 12.5 Å². The molecule has 1 aliphatic heterocycles. The van der Waals surface area contributed by atoms with Gasteiger partial charge in [0.1, 0.15) is 23.1 Å². The zero-order valence-corrected chi connectivity index (χ0v) is 19.1.